The molecule has 2 aliphatic heterocycles. The normalized spacial score (nSPS) is 26.1. The number of carbonyl (C=O) groups excluding carboxylic acids is 1. The minimum absolute atomic E-state index is 0.0486. The van der Waals surface area contributed by atoms with Crippen molar-refractivity contribution in [3.05, 3.63) is 22.9 Å². The van der Waals surface area contributed by atoms with E-state index in [1.165, 1.54) is 16.7 Å². The molecule has 4 nitrogen and oxygen atoms in total. The summed E-state index contributed by atoms with van der Waals surface area (Å²) in [7, 11) is 3.64. The van der Waals surface area contributed by atoms with Crippen LogP contribution in [0.5, 0.6) is 0 Å². The Morgan fingerprint density at radius 3 is 2.69 bits per heavy atom. The molecule has 0 saturated carbocycles. The van der Waals surface area contributed by atoms with Crippen LogP contribution in [-0.2, 0) is 9.53 Å². The second-order valence-corrected chi connectivity index (χ2v) is 5.21. The molecule has 0 aromatic carbocycles. The zero-order valence-corrected chi connectivity index (χ0v) is 10.7. The van der Waals surface area contributed by atoms with E-state index >= 15 is 0 Å². The smallest absolute Gasteiger partial charge is 0.265 e. The van der Waals surface area contributed by atoms with E-state index in [1.54, 1.807) is 13.1 Å². The van der Waals surface area contributed by atoms with Crippen LogP contribution in [0.15, 0.2) is 22.9 Å². The predicted octanol–water partition coefficient (Wildman–Crippen LogP) is 1.16. The third-order valence-electron chi connectivity index (χ3n) is 2.42. The minimum Gasteiger partial charge on any atom is -0.477 e. The first-order valence-corrected chi connectivity index (χ1v) is 6.08. The Balaban J connectivity index is 2.14. The maximum absolute atomic E-state index is 11.7. The number of hydrogen-bond donors (Lipinski definition) is 0. The summed E-state index contributed by atoms with van der Waals surface area (Å²) in [5, 5.41) is 0. The van der Waals surface area contributed by atoms with Gasteiger partial charge in [0.05, 0.1) is 11.4 Å². The first-order chi connectivity index (χ1) is 7.59. The monoisotopic (exact) mass is 256 g/mol. The summed E-state index contributed by atoms with van der Waals surface area (Å²) in [4.78, 5) is 15.8. The van der Waals surface area contributed by atoms with Crippen molar-refractivity contribution in [2.75, 3.05) is 27.2 Å². The molecule has 0 aromatic rings. The van der Waals surface area contributed by atoms with E-state index in [0.29, 0.717) is 15.8 Å². The second-order valence-electron chi connectivity index (χ2n) is 3.54. The van der Waals surface area contributed by atoms with Crippen molar-refractivity contribution in [2.45, 2.75) is 0 Å². The van der Waals surface area contributed by atoms with E-state index in [4.69, 9.17) is 17.0 Å². The van der Waals surface area contributed by atoms with Gasteiger partial charge in [0.15, 0.2) is 5.88 Å². The number of amides is 1. The van der Waals surface area contributed by atoms with Gasteiger partial charge in [0, 0.05) is 14.1 Å². The molecule has 0 atom stereocenters. The summed E-state index contributed by atoms with van der Waals surface area (Å²) in [6, 6.07) is 0. The molecule has 0 aliphatic carbocycles. The van der Waals surface area contributed by atoms with Gasteiger partial charge in [-0.05, 0) is 12.2 Å². The van der Waals surface area contributed by atoms with Crippen molar-refractivity contribution in [2.24, 2.45) is 0 Å². The van der Waals surface area contributed by atoms with E-state index in [2.05, 4.69) is 0 Å². The standard InChI is InChI=1S/C10H12N2O2S2/c1-11-5-6-14-8(11)4-3-7-9(13)12(2)10(15)16-7/h3-4H,5-6H2,1-2H3/b7-3+,8-4-. The fraction of sp³-hybridized carbons (Fsp3) is 0.400. The number of carbonyl (C=O) groups is 1. The Labute approximate surface area is 104 Å². The van der Waals surface area contributed by atoms with Gasteiger partial charge in [-0.2, -0.15) is 0 Å². The Kier molecular flexibility index (Phi) is 3.20. The summed E-state index contributed by atoms with van der Waals surface area (Å²) >= 11 is 6.35. The topological polar surface area (TPSA) is 32.8 Å². The summed E-state index contributed by atoms with van der Waals surface area (Å²) < 4.78 is 5.98. The Morgan fingerprint density at radius 2 is 2.19 bits per heavy atom. The molecular formula is C10H12N2O2S2. The van der Waals surface area contributed by atoms with E-state index < -0.39 is 0 Å². The van der Waals surface area contributed by atoms with Crippen LogP contribution in [0.3, 0.4) is 0 Å². The van der Waals surface area contributed by atoms with Crippen LogP contribution in [0.1, 0.15) is 0 Å². The molecule has 2 rings (SSSR count). The number of allylic oxidation sites excluding steroid dienone is 2. The van der Waals surface area contributed by atoms with Crippen molar-refractivity contribution in [1.29, 1.82) is 0 Å². The summed E-state index contributed by atoms with van der Waals surface area (Å²) in [6.07, 6.45) is 3.58. The molecule has 86 valence electrons. The van der Waals surface area contributed by atoms with Crippen LogP contribution in [0, 0.1) is 0 Å². The number of likely N-dealkylation sites (N-methyl/N-ethyl adjacent to an activating group) is 2. The highest BCUT2D eigenvalue weighted by molar-refractivity contribution is 8.26. The number of ether oxygens (including phenoxy) is 1. The SMILES string of the molecule is CN1C(=O)/C(=C\C=C2/OCCN2C)SC1=S. The molecular weight excluding hydrogens is 244 g/mol. The van der Waals surface area contributed by atoms with Crippen molar-refractivity contribution in [3.63, 3.8) is 0 Å². The number of rotatable bonds is 1. The summed E-state index contributed by atoms with van der Waals surface area (Å²) in [5.41, 5.74) is 0. The summed E-state index contributed by atoms with van der Waals surface area (Å²) in [6.45, 7) is 1.58. The lowest BCUT2D eigenvalue weighted by Gasteiger charge is -2.07. The van der Waals surface area contributed by atoms with E-state index in [0.717, 1.165) is 12.4 Å². The highest BCUT2D eigenvalue weighted by Gasteiger charge is 2.28. The fourth-order valence-electron chi connectivity index (χ4n) is 1.39. The van der Waals surface area contributed by atoms with Crippen LogP contribution < -0.4 is 0 Å². The van der Waals surface area contributed by atoms with Gasteiger partial charge in [0.2, 0.25) is 0 Å². The Bertz CT molecular complexity index is 404. The van der Waals surface area contributed by atoms with Gasteiger partial charge in [-0.3, -0.25) is 9.69 Å². The quantitative estimate of drug-likeness (QED) is 0.519. The van der Waals surface area contributed by atoms with Crippen molar-refractivity contribution < 1.29 is 9.53 Å². The maximum atomic E-state index is 11.7. The summed E-state index contributed by atoms with van der Waals surface area (Å²) in [5.74, 6) is 0.744. The minimum atomic E-state index is -0.0486. The van der Waals surface area contributed by atoms with Gasteiger partial charge < -0.3 is 9.64 Å². The highest BCUT2D eigenvalue weighted by atomic mass is 32.2. The first-order valence-electron chi connectivity index (χ1n) is 4.85. The van der Waals surface area contributed by atoms with Crippen molar-refractivity contribution >= 4 is 34.2 Å². The van der Waals surface area contributed by atoms with Gasteiger partial charge in [-0.1, -0.05) is 24.0 Å². The lowest BCUT2D eigenvalue weighted by atomic mass is 10.4. The second kappa shape index (κ2) is 4.47. The van der Waals surface area contributed by atoms with Crippen LogP contribution in [0.2, 0.25) is 0 Å². The maximum Gasteiger partial charge on any atom is 0.265 e. The van der Waals surface area contributed by atoms with Gasteiger partial charge in [-0.25, -0.2) is 0 Å². The number of hydrogen-bond acceptors (Lipinski definition) is 5. The molecule has 2 aliphatic rings. The zero-order chi connectivity index (χ0) is 11.7. The average Bonchev–Trinajstić information content (AvgIpc) is 2.76. The lowest BCUT2D eigenvalue weighted by molar-refractivity contribution is -0.121. The molecule has 0 bridgehead atoms. The molecule has 0 N–H and O–H groups in total. The lowest BCUT2D eigenvalue weighted by Crippen LogP contribution is -2.22. The third kappa shape index (κ3) is 2.08. The van der Waals surface area contributed by atoms with Gasteiger partial charge in [0.1, 0.15) is 10.9 Å². The fourth-order valence-corrected chi connectivity index (χ4v) is 2.51. The highest BCUT2D eigenvalue weighted by Crippen LogP contribution is 2.29. The van der Waals surface area contributed by atoms with Crippen molar-refractivity contribution in [1.82, 2.24) is 9.80 Å². The first kappa shape index (κ1) is 11.5. The molecule has 2 saturated heterocycles. The van der Waals surface area contributed by atoms with E-state index in [1.807, 2.05) is 18.0 Å². The third-order valence-corrected chi connectivity index (χ3v) is 3.92. The van der Waals surface area contributed by atoms with Crippen LogP contribution >= 0.6 is 24.0 Å². The predicted molar refractivity (Wildman–Crippen MR) is 67.7 cm³/mol. The van der Waals surface area contributed by atoms with Gasteiger partial charge in [-0.15, -0.1) is 0 Å². The van der Waals surface area contributed by atoms with E-state index in [9.17, 15) is 4.79 Å². The number of thioether (sulfide) groups is 1. The zero-order valence-electron chi connectivity index (χ0n) is 9.10. The van der Waals surface area contributed by atoms with Crippen LogP contribution in [0.25, 0.3) is 0 Å². The largest absolute Gasteiger partial charge is 0.477 e. The Morgan fingerprint density at radius 1 is 1.44 bits per heavy atom. The van der Waals surface area contributed by atoms with Gasteiger partial charge >= 0.3 is 0 Å². The molecule has 6 heteroatoms. The molecule has 2 fully saturated rings. The van der Waals surface area contributed by atoms with Crippen molar-refractivity contribution in [3.8, 4) is 0 Å². The van der Waals surface area contributed by atoms with Crippen LogP contribution in [-0.4, -0.2) is 47.3 Å². The molecule has 2 heterocycles. The molecule has 0 aromatic heterocycles. The molecule has 16 heavy (non-hydrogen) atoms. The molecule has 0 radical (unpaired) electrons. The molecule has 0 unspecified atom stereocenters. The Hall–Kier alpha value is -1.01. The average molecular weight is 256 g/mol. The number of thiocarbonyl (C=S) groups is 1. The number of nitrogens with zero attached hydrogens (tertiary/aromatic N) is 2. The molecule has 0 spiro atoms. The molecule has 1 amide bonds. The van der Waals surface area contributed by atoms with E-state index in [-0.39, 0.29) is 5.91 Å². The van der Waals surface area contributed by atoms with Gasteiger partial charge in [0.25, 0.3) is 5.91 Å². The van der Waals surface area contributed by atoms with Crippen LogP contribution in [0.4, 0.5) is 0 Å².